The van der Waals surface area contributed by atoms with Gasteiger partial charge in [-0.15, -0.1) is 0 Å². The van der Waals surface area contributed by atoms with E-state index >= 15 is 0 Å². The lowest BCUT2D eigenvalue weighted by Gasteiger charge is -2.12. The van der Waals surface area contributed by atoms with Gasteiger partial charge in [0.05, 0.1) is 7.11 Å². The predicted molar refractivity (Wildman–Crippen MR) is 94.2 cm³/mol. The summed E-state index contributed by atoms with van der Waals surface area (Å²) in [5.74, 6) is 1.06. The van der Waals surface area contributed by atoms with Crippen molar-refractivity contribution in [1.82, 2.24) is 4.72 Å². The molecule has 5 nitrogen and oxygen atoms in total. The largest absolute Gasteiger partial charge is 0.495 e. The molecule has 2 aromatic carbocycles. The van der Waals surface area contributed by atoms with Crippen LogP contribution in [0.5, 0.6) is 11.5 Å². The number of aryl methyl sites for hydroxylation is 2. The smallest absolute Gasteiger partial charge is 0.244 e. The SMILES string of the molecule is CCc1cccc(OCCNS(=O)(=O)c2cc(C)ccc2OC)c1. The lowest BCUT2D eigenvalue weighted by atomic mass is 10.2. The van der Waals surface area contributed by atoms with E-state index in [0.29, 0.717) is 5.75 Å². The fourth-order valence-electron chi connectivity index (χ4n) is 2.27. The predicted octanol–water partition coefficient (Wildman–Crippen LogP) is 2.92. The highest BCUT2D eigenvalue weighted by molar-refractivity contribution is 7.89. The van der Waals surface area contributed by atoms with Crippen LogP contribution in [0, 0.1) is 6.92 Å². The standard InChI is InChI=1S/C18H23NO4S/c1-4-15-6-5-7-16(13-15)23-11-10-19-24(20,21)18-12-14(2)8-9-17(18)22-3/h5-9,12-13,19H,4,10-11H2,1-3H3. The van der Waals surface area contributed by atoms with E-state index in [1.165, 1.54) is 12.7 Å². The number of ether oxygens (including phenoxy) is 2. The van der Waals surface area contributed by atoms with Crippen LogP contribution in [-0.2, 0) is 16.4 Å². The van der Waals surface area contributed by atoms with Gasteiger partial charge in [0.25, 0.3) is 0 Å². The van der Waals surface area contributed by atoms with Crippen LogP contribution < -0.4 is 14.2 Å². The number of rotatable bonds is 8. The molecule has 0 saturated carbocycles. The maximum absolute atomic E-state index is 12.4. The van der Waals surface area contributed by atoms with Gasteiger partial charge in [0.1, 0.15) is 23.0 Å². The Balaban J connectivity index is 1.97. The molecule has 0 aliphatic carbocycles. The number of nitrogens with one attached hydrogen (secondary N) is 1. The molecule has 0 aliphatic rings. The van der Waals surface area contributed by atoms with Crippen LogP contribution >= 0.6 is 0 Å². The molecule has 0 bridgehead atoms. The van der Waals surface area contributed by atoms with Crippen LogP contribution in [0.4, 0.5) is 0 Å². The topological polar surface area (TPSA) is 64.6 Å². The molecule has 0 fully saturated rings. The first-order valence-corrected chi connectivity index (χ1v) is 9.30. The Bertz CT molecular complexity index is 787. The molecule has 0 unspecified atom stereocenters. The fourth-order valence-corrected chi connectivity index (χ4v) is 3.54. The molecule has 1 N–H and O–H groups in total. The first-order chi connectivity index (χ1) is 11.5. The summed E-state index contributed by atoms with van der Waals surface area (Å²) in [7, 11) is -2.20. The zero-order valence-corrected chi connectivity index (χ0v) is 15.0. The molecule has 0 amide bonds. The lowest BCUT2D eigenvalue weighted by molar-refractivity contribution is 0.322. The highest BCUT2D eigenvalue weighted by Gasteiger charge is 2.19. The molecule has 24 heavy (non-hydrogen) atoms. The second kappa shape index (κ2) is 8.17. The van der Waals surface area contributed by atoms with E-state index < -0.39 is 10.0 Å². The van der Waals surface area contributed by atoms with E-state index in [9.17, 15) is 8.42 Å². The van der Waals surface area contributed by atoms with Crippen molar-refractivity contribution in [3.05, 3.63) is 53.6 Å². The Hall–Kier alpha value is -2.05. The molecule has 0 radical (unpaired) electrons. The minimum Gasteiger partial charge on any atom is -0.495 e. The summed E-state index contributed by atoms with van der Waals surface area (Å²) in [6, 6.07) is 12.8. The molecule has 130 valence electrons. The molecule has 2 aromatic rings. The van der Waals surface area contributed by atoms with Crippen molar-refractivity contribution in [2.24, 2.45) is 0 Å². The fraction of sp³-hybridized carbons (Fsp3) is 0.333. The van der Waals surface area contributed by atoms with Gasteiger partial charge in [-0.2, -0.15) is 0 Å². The average molecular weight is 349 g/mol. The van der Waals surface area contributed by atoms with Crippen molar-refractivity contribution in [3.63, 3.8) is 0 Å². The van der Waals surface area contributed by atoms with Crippen LogP contribution in [0.25, 0.3) is 0 Å². The summed E-state index contributed by atoms with van der Waals surface area (Å²) < 4.78 is 38.1. The summed E-state index contributed by atoms with van der Waals surface area (Å²) in [5.41, 5.74) is 2.03. The summed E-state index contributed by atoms with van der Waals surface area (Å²) in [5, 5.41) is 0. The molecule has 0 aromatic heterocycles. The van der Waals surface area contributed by atoms with Crippen molar-refractivity contribution in [2.75, 3.05) is 20.3 Å². The van der Waals surface area contributed by atoms with Gasteiger partial charge < -0.3 is 9.47 Å². The van der Waals surface area contributed by atoms with Crippen LogP contribution in [0.1, 0.15) is 18.1 Å². The molecule has 0 saturated heterocycles. The summed E-state index contributed by atoms with van der Waals surface area (Å²) in [6.45, 7) is 4.33. The van der Waals surface area contributed by atoms with E-state index in [0.717, 1.165) is 17.7 Å². The van der Waals surface area contributed by atoms with Gasteiger partial charge in [0, 0.05) is 6.54 Å². The molecule has 0 aliphatic heterocycles. The monoisotopic (exact) mass is 349 g/mol. The zero-order valence-electron chi connectivity index (χ0n) is 14.2. The minimum atomic E-state index is -3.65. The van der Waals surface area contributed by atoms with Crippen molar-refractivity contribution < 1.29 is 17.9 Å². The molecular weight excluding hydrogens is 326 g/mol. The Morgan fingerprint density at radius 3 is 2.62 bits per heavy atom. The van der Waals surface area contributed by atoms with Crippen molar-refractivity contribution in [3.8, 4) is 11.5 Å². The molecule has 0 heterocycles. The van der Waals surface area contributed by atoms with Gasteiger partial charge >= 0.3 is 0 Å². The molecule has 0 atom stereocenters. The molecule has 2 rings (SSSR count). The van der Waals surface area contributed by atoms with Crippen molar-refractivity contribution in [2.45, 2.75) is 25.2 Å². The Morgan fingerprint density at radius 1 is 1.12 bits per heavy atom. The normalized spacial score (nSPS) is 11.3. The summed E-state index contributed by atoms with van der Waals surface area (Å²) in [4.78, 5) is 0.137. The first-order valence-electron chi connectivity index (χ1n) is 7.82. The van der Waals surface area contributed by atoms with Crippen LogP contribution in [0.2, 0.25) is 0 Å². The highest BCUT2D eigenvalue weighted by Crippen LogP contribution is 2.24. The summed E-state index contributed by atoms with van der Waals surface area (Å²) in [6.07, 6.45) is 0.928. The second-order valence-electron chi connectivity index (χ2n) is 5.40. The molecule has 6 heteroatoms. The van der Waals surface area contributed by atoms with Crippen LogP contribution in [-0.4, -0.2) is 28.7 Å². The third-order valence-corrected chi connectivity index (χ3v) is 5.06. The Morgan fingerprint density at radius 2 is 1.92 bits per heavy atom. The number of sulfonamides is 1. The lowest BCUT2D eigenvalue weighted by Crippen LogP contribution is -2.28. The molecule has 0 spiro atoms. The Kier molecular flexibility index (Phi) is 6.23. The number of hydrogen-bond acceptors (Lipinski definition) is 4. The third-order valence-electron chi connectivity index (χ3n) is 3.58. The van der Waals surface area contributed by atoms with Crippen LogP contribution in [0.3, 0.4) is 0 Å². The van der Waals surface area contributed by atoms with Gasteiger partial charge in [0.2, 0.25) is 10.0 Å². The highest BCUT2D eigenvalue weighted by atomic mass is 32.2. The first kappa shape index (κ1) is 18.3. The third kappa shape index (κ3) is 4.72. The Labute approximate surface area is 143 Å². The summed E-state index contributed by atoms with van der Waals surface area (Å²) >= 11 is 0. The van der Waals surface area contributed by atoms with Gasteiger partial charge in [0.15, 0.2) is 0 Å². The number of methoxy groups -OCH3 is 1. The maximum atomic E-state index is 12.4. The van der Waals surface area contributed by atoms with Crippen molar-refractivity contribution >= 4 is 10.0 Å². The number of hydrogen-bond donors (Lipinski definition) is 1. The van der Waals surface area contributed by atoms with Gasteiger partial charge in [-0.25, -0.2) is 13.1 Å². The van der Waals surface area contributed by atoms with E-state index in [4.69, 9.17) is 9.47 Å². The van der Waals surface area contributed by atoms with Gasteiger partial charge in [-0.1, -0.05) is 25.1 Å². The van der Waals surface area contributed by atoms with Crippen molar-refractivity contribution in [1.29, 1.82) is 0 Å². The zero-order chi connectivity index (χ0) is 17.6. The maximum Gasteiger partial charge on any atom is 0.244 e. The average Bonchev–Trinajstić information content (AvgIpc) is 2.59. The van der Waals surface area contributed by atoms with Gasteiger partial charge in [-0.05, 0) is 48.7 Å². The quantitative estimate of drug-likeness (QED) is 0.744. The van der Waals surface area contributed by atoms with Crippen LogP contribution in [0.15, 0.2) is 47.4 Å². The number of benzene rings is 2. The van der Waals surface area contributed by atoms with E-state index in [1.807, 2.05) is 37.3 Å². The van der Waals surface area contributed by atoms with E-state index in [2.05, 4.69) is 11.6 Å². The van der Waals surface area contributed by atoms with E-state index in [-0.39, 0.29) is 18.0 Å². The second-order valence-corrected chi connectivity index (χ2v) is 7.14. The minimum absolute atomic E-state index is 0.137. The van der Waals surface area contributed by atoms with Gasteiger partial charge in [-0.3, -0.25) is 0 Å². The van der Waals surface area contributed by atoms with E-state index in [1.54, 1.807) is 12.1 Å². The molecular formula is C18H23NO4S.